The molecule has 0 spiro atoms. The van der Waals surface area contributed by atoms with E-state index in [1.54, 1.807) is 0 Å². The zero-order valence-corrected chi connectivity index (χ0v) is 6.93. The average Bonchev–Trinajstić information content (AvgIpc) is 1.83. The van der Waals surface area contributed by atoms with Crippen LogP contribution in [-0.4, -0.2) is 13.1 Å². The lowest BCUT2D eigenvalue weighted by atomic mass is 9.35. The molecular formula is C9H14O2. The molecule has 0 atom stereocenters. The number of carbonyl (C=O) groups excluding carboxylic acids is 1. The molecule has 3 aliphatic rings. The lowest BCUT2D eigenvalue weighted by Crippen LogP contribution is -2.63. The normalized spacial score (nSPS) is 45.5. The van der Waals surface area contributed by atoms with Crippen LogP contribution < -0.4 is 0 Å². The molecule has 11 heavy (non-hydrogen) atoms. The Kier molecular flexibility index (Phi) is 1.29. The molecule has 0 aromatic carbocycles. The highest BCUT2D eigenvalue weighted by Gasteiger charge is 2.66. The third kappa shape index (κ3) is 0.815. The second-order valence-corrected chi connectivity index (χ2v) is 4.29. The monoisotopic (exact) mass is 154 g/mol. The third-order valence-electron chi connectivity index (χ3n) is 3.46. The van der Waals surface area contributed by atoms with E-state index >= 15 is 0 Å². The SMILES string of the molecule is CCC12CC(COC=O)(C1)C2. The van der Waals surface area contributed by atoms with E-state index in [0.717, 1.165) is 0 Å². The summed E-state index contributed by atoms with van der Waals surface area (Å²) in [4.78, 5) is 9.94. The standard InChI is InChI=1S/C9H14O2/c1-2-8-3-9(4-8,5-8)6-11-7-10/h7H,2-6H2,1H3. The van der Waals surface area contributed by atoms with Gasteiger partial charge in [0.25, 0.3) is 6.47 Å². The zero-order chi connectivity index (χ0) is 7.95. The van der Waals surface area contributed by atoms with Crippen LogP contribution in [0.2, 0.25) is 0 Å². The predicted molar refractivity (Wildman–Crippen MR) is 41.0 cm³/mol. The summed E-state index contributed by atoms with van der Waals surface area (Å²) in [5.74, 6) is 0. The van der Waals surface area contributed by atoms with E-state index in [0.29, 0.717) is 23.9 Å². The Balaban J connectivity index is 1.80. The van der Waals surface area contributed by atoms with Crippen LogP contribution in [0.1, 0.15) is 32.6 Å². The Morgan fingerprint density at radius 3 is 2.45 bits per heavy atom. The fourth-order valence-corrected chi connectivity index (χ4v) is 2.97. The van der Waals surface area contributed by atoms with Gasteiger partial charge in [-0.3, -0.25) is 4.79 Å². The molecular weight excluding hydrogens is 140 g/mol. The Morgan fingerprint density at radius 2 is 2.00 bits per heavy atom. The summed E-state index contributed by atoms with van der Waals surface area (Å²) >= 11 is 0. The molecule has 0 aromatic rings. The highest BCUT2D eigenvalue weighted by atomic mass is 16.5. The van der Waals surface area contributed by atoms with Crippen LogP contribution in [0.5, 0.6) is 0 Å². The molecule has 0 aliphatic heterocycles. The summed E-state index contributed by atoms with van der Waals surface area (Å²) in [6.45, 7) is 3.49. The van der Waals surface area contributed by atoms with Crippen LogP contribution in [0, 0.1) is 10.8 Å². The molecule has 0 amide bonds. The maximum absolute atomic E-state index is 9.94. The Labute approximate surface area is 66.9 Å². The van der Waals surface area contributed by atoms with Crippen LogP contribution in [0.3, 0.4) is 0 Å². The fraction of sp³-hybridized carbons (Fsp3) is 0.889. The van der Waals surface area contributed by atoms with Crippen molar-refractivity contribution in [1.82, 2.24) is 0 Å². The van der Waals surface area contributed by atoms with Crippen molar-refractivity contribution in [2.45, 2.75) is 32.6 Å². The molecule has 0 saturated heterocycles. The van der Waals surface area contributed by atoms with Crippen molar-refractivity contribution in [1.29, 1.82) is 0 Å². The van der Waals surface area contributed by atoms with Crippen molar-refractivity contribution >= 4 is 6.47 Å². The lowest BCUT2D eigenvalue weighted by Gasteiger charge is -2.70. The van der Waals surface area contributed by atoms with Crippen molar-refractivity contribution in [2.24, 2.45) is 10.8 Å². The molecule has 2 nitrogen and oxygen atoms in total. The minimum absolute atomic E-state index is 0.428. The van der Waals surface area contributed by atoms with Gasteiger partial charge in [0.15, 0.2) is 0 Å². The molecule has 0 heterocycles. The molecule has 0 N–H and O–H groups in total. The van der Waals surface area contributed by atoms with Gasteiger partial charge in [-0.15, -0.1) is 0 Å². The summed E-state index contributed by atoms with van der Waals surface area (Å²) < 4.78 is 4.79. The van der Waals surface area contributed by atoms with Gasteiger partial charge in [-0.2, -0.15) is 0 Å². The first-order chi connectivity index (χ1) is 5.24. The van der Waals surface area contributed by atoms with Crippen LogP contribution >= 0.6 is 0 Å². The minimum atomic E-state index is 0.428. The van der Waals surface area contributed by atoms with Crippen molar-refractivity contribution in [3.8, 4) is 0 Å². The molecule has 3 aliphatic carbocycles. The number of hydrogen-bond acceptors (Lipinski definition) is 2. The molecule has 0 unspecified atom stereocenters. The molecule has 3 rings (SSSR count). The Morgan fingerprint density at radius 1 is 1.36 bits per heavy atom. The van der Waals surface area contributed by atoms with Crippen LogP contribution in [0.25, 0.3) is 0 Å². The van der Waals surface area contributed by atoms with Gasteiger partial charge >= 0.3 is 0 Å². The van der Waals surface area contributed by atoms with Crippen LogP contribution in [0.15, 0.2) is 0 Å². The third-order valence-corrected chi connectivity index (χ3v) is 3.46. The number of rotatable bonds is 4. The van der Waals surface area contributed by atoms with Crippen molar-refractivity contribution in [3.05, 3.63) is 0 Å². The number of carbonyl (C=O) groups is 1. The molecule has 2 bridgehead atoms. The van der Waals surface area contributed by atoms with Gasteiger partial charge in [-0.05, 0) is 24.7 Å². The smallest absolute Gasteiger partial charge is 0.293 e. The van der Waals surface area contributed by atoms with E-state index < -0.39 is 0 Å². The van der Waals surface area contributed by atoms with Gasteiger partial charge in [0.1, 0.15) is 0 Å². The lowest BCUT2D eigenvalue weighted by molar-refractivity contribution is -0.228. The molecule has 62 valence electrons. The van der Waals surface area contributed by atoms with Gasteiger partial charge in [-0.1, -0.05) is 13.3 Å². The maximum Gasteiger partial charge on any atom is 0.293 e. The molecule has 0 aromatic heterocycles. The number of hydrogen-bond donors (Lipinski definition) is 0. The molecule has 3 saturated carbocycles. The first-order valence-corrected chi connectivity index (χ1v) is 4.30. The first kappa shape index (κ1) is 7.14. The molecule has 2 heteroatoms. The summed E-state index contributed by atoms with van der Waals surface area (Å²) in [6, 6.07) is 0. The summed E-state index contributed by atoms with van der Waals surface area (Å²) in [5.41, 5.74) is 1.10. The Hall–Kier alpha value is -0.530. The second kappa shape index (κ2) is 1.99. The van der Waals surface area contributed by atoms with E-state index in [1.807, 2.05) is 0 Å². The summed E-state index contributed by atoms with van der Waals surface area (Å²) in [6.07, 6.45) is 5.19. The topological polar surface area (TPSA) is 26.3 Å². The largest absolute Gasteiger partial charge is 0.467 e. The molecule has 0 radical (unpaired) electrons. The highest BCUT2D eigenvalue weighted by molar-refractivity contribution is 5.37. The van der Waals surface area contributed by atoms with Crippen LogP contribution in [0.4, 0.5) is 0 Å². The van der Waals surface area contributed by atoms with Crippen molar-refractivity contribution < 1.29 is 9.53 Å². The fourth-order valence-electron chi connectivity index (χ4n) is 2.97. The summed E-state index contributed by atoms with van der Waals surface area (Å²) in [5, 5.41) is 0. The molecule has 3 fully saturated rings. The van der Waals surface area contributed by atoms with Crippen molar-refractivity contribution in [3.63, 3.8) is 0 Å². The van der Waals surface area contributed by atoms with Gasteiger partial charge < -0.3 is 4.74 Å². The minimum Gasteiger partial charge on any atom is -0.467 e. The quantitative estimate of drug-likeness (QED) is 0.576. The highest BCUT2D eigenvalue weighted by Crippen LogP contribution is 2.74. The average molecular weight is 154 g/mol. The zero-order valence-electron chi connectivity index (χ0n) is 6.93. The van der Waals surface area contributed by atoms with E-state index in [4.69, 9.17) is 4.74 Å². The Bertz CT molecular complexity index is 166. The van der Waals surface area contributed by atoms with Gasteiger partial charge in [-0.25, -0.2) is 0 Å². The number of ether oxygens (including phenoxy) is 1. The van der Waals surface area contributed by atoms with Crippen molar-refractivity contribution in [2.75, 3.05) is 6.61 Å². The van der Waals surface area contributed by atoms with Gasteiger partial charge in [0.2, 0.25) is 0 Å². The van der Waals surface area contributed by atoms with E-state index in [9.17, 15) is 4.79 Å². The van der Waals surface area contributed by atoms with E-state index in [1.165, 1.54) is 25.7 Å². The second-order valence-electron chi connectivity index (χ2n) is 4.29. The van der Waals surface area contributed by atoms with Gasteiger partial charge in [0.05, 0.1) is 6.61 Å². The maximum atomic E-state index is 9.94. The first-order valence-electron chi connectivity index (χ1n) is 4.30. The van der Waals surface area contributed by atoms with E-state index in [2.05, 4.69) is 6.92 Å². The van der Waals surface area contributed by atoms with Crippen LogP contribution in [-0.2, 0) is 9.53 Å². The van der Waals surface area contributed by atoms with Gasteiger partial charge in [0, 0.05) is 5.41 Å². The predicted octanol–water partition coefficient (Wildman–Crippen LogP) is 1.74. The summed E-state index contributed by atoms with van der Waals surface area (Å²) in [7, 11) is 0. The van der Waals surface area contributed by atoms with E-state index in [-0.39, 0.29) is 0 Å².